The van der Waals surface area contributed by atoms with Gasteiger partial charge in [-0.3, -0.25) is 0 Å². The van der Waals surface area contributed by atoms with Gasteiger partial charge in [-0.1, -0.05) is 0 Å². The highest BCUT2D eigenvalue weighted by molar-refractivity contribution is 5.76. The van der Waals surface area contributed by atoms with Crippen molar-refractivity contribution in [1.82, 2.24) is 10.6 Å². The molecule has 0 radical (unpaired) electrons. The van der Waals surface area contributed by atoms with E-state index < -0.39 is 0 Å². The van der Waals surface area contributed by atoms with Crippen molar-refractivity contribution in [3.8, 4) is 0 Å². The molecule has 0 heterocycles. The van der Waals surface area contributed by atoms with Crippen LogP contribution in [0.5, 0.6) is 0 Å². The summed E-state index contributed by atoms with van der Waals surface area (Å²) in [7, 11) is 0. The highest BCUT2D eigenvalue weighted by atomic mass is 16.2. The Morgan fingerprint density at radius 1 is 1.55 bits per heavy atom. The van der Waals surface area contributed by atoms with Crippen molar-refractivity contribution in [2.45, 2.75) is 25.3 Å². The molecule has 2 amide bonds. The Kier molecular flexibility index (Phi) is 2.89. The second-order valence-corrected chi connectivity index (χ2v) is 2.65. The van der Waals surface area contributed by atoms with E-state index in [-0.39, 0.29) is 12.6 Å². The average molecular weight is 156 g/mol. The van der Waals surface area contributed by atoms with Crippen LogP contribution in [0.15, 0.2) is 0 Å². The van der Waals surface area contributed by atoms with Crippen LogP contribution in [-0.4, -0.2) is 24.9 Å². The molecule has 0 aromatic carbocycles. The number of hydrogen-bond acceptors (Lipinski definition) is 2. The molecule has 0 unspecified atom stereocenters. The summed E-state index contributed by atoms with van der Waals surface area (Å²) in [6.07, 6.45) is 3.99. The van der Waals surface area contributed by atoms with Crippen LogP contribution in [0.25, 0.3) is 0 Å². The van der Waals surface area contributed by atoms with Crippen molar-refractivity contribution in [3.63, 3.8) is 0 Å². The zero-order valence-corrected chi connectivity index (χ0v) is 6.30. The third kappa shape index (κ3) is 2.57. The van der Waals surface area contributed by atoms with Gasteiger partial charge in [0.25, 0.3) is 0 Å². The standard InChI is InChI=1S/C7H12N2O2/c10-5-4-8-7(11)9-6-2-1-3-6/h5-6H,1-4H2,(H2,8,9,11). The molecule has 2 N–H and O–H groups in total. The summed E-state index contributed by atoms with van der Waals surface area (Å²) >= 11 is 0. The molecule has 0 saturated heterocycles. The molecule has 1 aliphatic rings. The molecule has 0 aromatic rings. The first-order valence-corrected chi connectivity index (χ1v) is 3.81. The normalized spacial score (nSPS) is 16.7. The van der Waals surface area contributed by atoms with Crippen molar-refractivity contribution in [2.24, 2.45) is 0 Å². The van der Waals surface area contributed by atoms with Gasteiger partial charge in [0.2, 0.25) is 0 Å². The SMILES string of the molecule is O=CCNC(=O)NC1CCC1. The van der Waals surface area contributed by atoms with Crippen LogP contribution in [0.2, 0.25) is 0 Å². The number of amides is 2. The third-order valence-electron chi connectivity index (χ3n) is 1.79. The van der Waals surface area contributed by atoms with Crippen LogP contribution in [-0.2, 0) is 4.79 Å². The van der Waals surface area contributed by atoms with Crippen molar-refractivity contribution in [2.75, 3.05) is 6.54 Å². The van der Waals surface area contributed by atoms with Gasteiger partial charge in [-0.15, -0.1) is 0 Å². The number of carbonyl (C=O) groups excluding carboxylic acids is 2. The summed E-state index contributed by atoms with van der Waals surface area (Å²) in [6.45, 7) is 0.0958. The molecule has 1 saturated carbocycles. The van der Waals surface area contributed by atoms with Crippen molar-refractivity contribution < 1.29 is 9.59 Å². The monoisotopic (exact) mass is 156 g/mol. The van der Waals surface area contributed by atoms with Crippen LogP contribution < -0.4 is 10.6 Å². The first kappa shape index (κ1) is 8.04. The van der Waals surface area contributed by atoms with E-state index in [1.54, 1.807) is 0 Å². The number of hydrogen-bond donors (Lipinski definition) is 2. The first-order valence-electron chi connectivity index (χ1n) is 3.81. The van der Waals surface area contributed by atoms with Gasteiger partial charge in [-0.05, 0) is 19.3 Å². The molecule has 0 atom stereocenters. The van der Waals surface area contributed by atoms with Gasteiger partial charge in [-0.25, -0.2) is 4.79 Å². The summed E-state index contributed by atoms with van der Waals surface area (Å²) in [5.41, 5.74) is 0. The topological polar surface area (TPSA) is 58.2 Å². The largest absolute Gasteiger partial charge is 0.335 e. The lowest BCUT2D eigenvalue weighted by Gasteiger charge is -2.26. The maximum absolute atomic E-state index is 10.8. The summed E-state index contributed by atoms with van der Waals surface area (Å²) < 4.78 is 0. The fraction of sp³-hybridized carbons (Fsp3) is 0.714. The Balaban J connectivity index is 2.04. The molecule has 62 valence electrons. The van der Waals surface area contributed by atoms with Crippen molar-refractivity contribution in [1.29, 1.82) is 0 Å². The molecular formula is C7H12N2O2. The van der Waals surface area contributed by atoms with Crippen LogP contribution in [0.3, 0.4) is 0 Å². The second-order valence-electron chi connectivity index (χ2n) is 2.65. The lowest BCUT2D eigenvalue weighted by atomic mass is 9.93. The second kappa shape index (κ2) is 3.95. The van der Waals surface area contributed by atoms with E-state index in [1.807, 2.05) is 0 Å². The Labute approximate surface area is 65.3 Å². The van der Waals surface area contributed by atoms with E-state index in [2.05, 4.69) is 10.6 Å². The molecule has 1 fully saturated rings. The van der Waals surface area contributed by atoms with Gasteiger partial charge in [0.1, 0.15) is 6.29 Å². The fourth-order valence-corrected chi connectivity index (χ4v) is 0.923. The molecular weight excluding hydrogens is 144 g/mol. The highest BCUT2D eigenvalue weighted by Gasteiger charge is 2.18. The lowest BCUT2D eigenvalue weighted by molar-refractivity contribution is -0.107. The summed E-state index contributed by atoms with van der Waals surface area (Å²) in [6, 6.07) is 0.100. The summed E-state index contributed by atoms with van der Waals surface area (Å²) in [4.78, 5) is 20.7. The molecule has 1 aliphatic carbocycles. The highest BCUT2D eigenvalue weighted by Crippen LogP contribution is 2.17. The maximum Gasteiger partial charge on any atom is 0.315 e. The van der Waals surface area contributed by atoms with Crippen molar-refractivity contribution in [3.05, 3.63) is 0 Å². The Hall–Kier alpha value is -1.06. The van der Waals surface area contributed by atoms with E-state index in [9.17, 15) is 9.59 Å². The summed E-state index contributed by atoms with van der Waals surface area (Å²) in [5, 5.41) is 5.16. The van der Waals surface area contributed by atoms with Crippen LogP contribution in [0, 0.1) is 0 Å². The number of nitrogens with one attached hydrogen (secondary N) is 2. The van der Waals surface area contributed by atoms with Gasteiger partial charge in [0.05, 0.1) is 6.54 Å². The van der Waals surface area contributed by atoms with Gasteiger partial charge >= 0.3 is 6.03 Å². The Bertz CT molecular complexity index is 155. The molecule has 1 rings (SSSR count). The van der Waals surface area contributed by atoms with E-state index in [4.69, 9.17) is 0 Å². The number of carbonyl (C=O) groups is 2. The van der Waals surface area contributed by atoms with Crippen LogP contribution in [0.1, 0.15) is 19.3 Å². The fourth-order valence-electron chi connectivity index (χ4n) is 0.923. The van der Waals surface area contributed by atoms with E-state index >= 15 is 0 Å². The average Bonchev–Trinajstić information content (AvgIpc) is 1.93. The van der Waals surface area contributed by atoms with Gasteiger partial charge < -0.3 is 15.4 Å². The number of urea groups is 1. The molecule has 4 heteroatoms. The van der Waals surface area contributed by atoms with E-state index in [0.29, 0.717) is 12.3 Å². The molecule has 0 bridgehead atoms. The quantitative estimate of drug-likeness (QED) is 0.567. The maximum atomic E-state index is 10.8. The molecule has 0 aliphatic heterocycles. The van der Waals surface area contributed by atoms with E-state index in [0.717, 1.165) is 12.8 Å². The van der Waals surface area contributed by atoms with E-state index in [1.165, 1.54) is 6.42 Å². The van der Waals surface area contributed by atoms with Crippen LogP contribution >= 0.6 is 0 Å². The zero-order chi connectivity index (χ0) is 8.10. The minimum absolute atomic E-state index is 0.0958. The summed E-state index contributed by atoms with van der Waals surface area (Å²) in [5.74, 6) is 0. The van der Waals surface area contributed by atoms with Gasteiger partial charge in [0, 0.05) is 6.04 Å². The first-order chi connectivity index (χ1) is 5.33. The van der Waals surface area contributed by atoms with Gasteiger partial charge in [-0.2, -0.15) is 0 Å². The Morgan fingerprint density at radius 2 is 2.27 bits per heavy atom. The predicted molar refractivity (Wildman–Crippen MR) is 40.2 cm³/mol. The smallest absolute Gasteiger partial charge is 0.315 e. The minimum atomic E-state index is -0.234. The lowest BCUT2D eigenvalue weighted by Crippen LogP contribution is -2.45. The number of rotatable bonds is 3. The zero-order valence-electron chi connectivity index (χ0n) is 6.30. The predicted octanol–water partition coefficient (Wildman–Crippen LogP) is 0.0370. The van der Waals surface area contributed by atoms with Crippen LogP contribution in [0.4, 0.5) is 4.79 Å². The molecule has 0 aromatic heterocycles. The minimum Gasteiger partial charge on any atom is -0.335 e. The molecule has 4 nitrogen and oxygen atoms in total. The van der Waals surface area contributed by atoms with Gasteiger partial charge in [0.15, 0.2) is 0 Å². The number of aldehydes is 1. The Morgan fingerprint density at radius 3 is 2.73 bits per heavy atom. The third-order valence-corrected chi connectivity index (χ3v) is 1.79. The molecule has 11 heavy (non-hydrogen) atoms. The van der Waals surface area contributed by atoms with Crippen molar-refractivity contribution >= 4 is 12.3 Å². The molecule has 0 spiro atoms.